The summed E-state index contributed by atoms with van der Waals surface area (Å²) in [5.74, 6) is -2.28. The third kappa shape index (κ3) is 10.1. The highest BCUT2D eigenvalue weighted by molar-refractivity contribution is 5.76. The van der Waals surface area contributed by atoms with Crippen LogP contribution < -0.4 is 10.6 Å². The van der Waals surface area contributed by atoms with Crippen molar-refractivity contribution in [1.82, 2.24) is 25.2 Å². The Labute approximate surface area is 225 Å². The van der Waals surface area contributed by atoms with Gasteiger partial charge in [0.1, 0.15) is 0 Å². The largest absolute Gasteiger partial charge is 0.387 e. The number of fused-ring (bicyclic) bond motifs is 1. The number of allylic oxidation sites excluding steroid dienone is 1. The summed E-state index contributed by atoms with van der Waals surface area (Å²) in [7, 11) is 1.73. The zero-order chi connectivity index (χ0) is 27.8. The van der Waals surface area contributed by atoms with Crippen LogP contribution in [0, 0.1) is 22.7 Å². The summed E-state index contributed by atoms with van der Waals surface area (Å²) in [5.41, 5.74) is 3.81. The van der Waals surface area contributed by atoms with Gasteiger partial charge in [-0.2, -0.15) is 5.10 Å². The van der Waals surface area contributed by atoms with Gasteiger partial charge in [0.05, 0.1) is 18.1 Å². The van der Waals surface area contributed by atoms with Gasteiger partial charge in [0, 0.05) is 44.8 Å². The lowest BCUT2D eigenvalue weighted by Crippen LogP contribution is -2.38. The van der Waals surface area contributed by atoms with Crippen molar-refractivity contribution in [3.63, 3.8) is 0 Å². The molecule has 210 valence electrons. The van der Waals surface area contributed by atoms with Gasteiger partial charge in [-0.25, -0.2) is 18.3 Å². The van der Waals surface area contributed by atoms with Gasteiger partial charge in [-0.1, -0.05) is 39.7 Å². The Kier molecular flexibility index (Phi) is 10.4. The number of nitrogens with zero attached hydrogens (tertiary/aromatic N) is 3. The maximum absolute atomic E-state index is 12.9. The molecule has 7 nitrogen and oxygen atoms in total. The van der Waals surface area contributed by atoms with E-state index in [-0.39, 0.29) is 31.1 Å². The fraction of sp³-hybridized carbons (Fsp3) is 0.655. The molecule has 5 rings (SSSR count). The Morgan fingerprint density at radius 2 is 1.87 bits per heavy atom. The number of alkyl halides is 2. The lowest BCUT2D eigenvalue weighted by molar-refractivity contribution is -0.133. The Balaban J connectivity index is 0.000000380. The molecule has 3 N–H and O–H groups in total. The van der Waals surface area contributed by atoms with E-state index in [1.807, 2.05) is 12.3 Å². The molecule has 1 amide bonds. The average Bonchev–Trinajstić information content (AvgIpc) is 3.69. The second kappa shape index (κ2) is 13.3. The fourth-order valence-electron chi connectivity index (χ4n) is 4.66. The Morgan fingerprint density at radius 3 is 2.39 bits per heavy atom. The van der Waals surface area contributed by atoms with Gasteiger partial charge < -0.3 is 16.0 Å². The molecule has 0 aromatic carbocycles. The van der Waals surface area contributed by atoms with Gasteiger partial charge in [-0.3, -0.25) is 4.79 Å². The minimum absolute atomic E-state index is 0.164. The van der Waals surface area contributed by atoms with E-state index < -0.39 is 5.92 Å². The van der Waals surface area contributed by atoms with Crippen molar-refractivity contribution >= 4 is 17.8 Å². The normalized spacial score (nSPS) is 19.6. The Bertz CT molecular complexity index is 1070. The van der Waals surface area contributed by atoms with E-state index in [4.69, 9.17) is 10.4 Å². The van der Waals surface area contributed by atoms with Crippen LogP contribution in [0.2, 0.25) is 0 Å². The van der Waals surface area contributed by atoms with Crippen molar-refractivity contribution in [3.8, 4) is 0 Å². The summed E-state index contributed by atoms with van der Waals surface area (Å²) in [5, 5.41) is 16.4. The number of aromatic nitrogens is 3. The average molecular weight is 531 g/mol. The van der Waals surface area contributed by atoms with Crippen molar-refractivity contribution in [3.05, 3.63) is 42.0 Å². The first-order chi connectivity index (χ1) is 18.0. The van der Waals surface area contributed by atoms with Gasteiger partial charge in [-0.05, 0) is 61.0 Å². The standard InChI is InChI=1S/C22H30F2N4O.C4H8N2.C3H6/c1-21(2)5-3-15(4-6-21)7-18-14-28-19(27-18)8-17(13-26-28)12-25-20(29)9-16-10-22(23,24)11-16;1-4(3-5)6-2;1-2-3-1/h8,13-16H,3-7,9-12H2,1-2H3,(H,25,29);3,5-6H,1H2,2H3;1-3H2. The molecule has 3 fully saturated rings. The predicted molar refractivity (Wildman–Crippen MR) is 147 cm³/mol. The van der Waals surface area contributed by atoms with E-state index >= 15 is 0 Å². The van der Waals surface area contributed by atoms with Crippen LogP contribution in [0.25, 0.3) is 5.65 Å². The molecule has 0 aliphatic heterocycles. The van der Waals surface area contributed by atoms with Crippen molar-refractivity contribution in [2.45, 2.75) is 96.9 Å². The molecule has 0 spiro atoms. The first-order valence-corrected chi connectivity index (χ1v) is 13.8. The molecule has 2 aromatic heterocycles. The molecule has 38 heavy (non-hydrogen) atoms. The van der Waals surface area contributed by atoms with E-state index in [0.29, 0.717) is 23.6 Å². The summed E-state index contributed by atoms with van der Waals surface area (Å²) >= 11 is 0. The number of imidazole rings is 1. The number of carbonyl (C=O) groups excluding carboxylic acids is 1. The third-order valence-corrected chi connectivity index (χ3v) is 7.37. The third-order valence-electron chi connectivity index (χ3n) is 7.37. The van der Waals surface area contributed by atoms with Gasteiger partial charge in [-0.15, -0.1) is 0 Å². The number of hydrogen-bond acceptors (Lipinski definition) is 5. The monoisotopic (exact) mass is 530 g/mol. The van der Waals surface area contributed by atoms with Crippen molar-refractivity contribution in [2.75, 3.05) is 7.05 Å². The minimum Gasteiger partial charge on any atom is -0.387 e. The topological polar surface area (TPSA) is 95.2 Å². The number of carbonyl (C=O) groups is 1. The second-order valence-electron chi connectivity index (χ2n) is 11.8. The Hall–Kier alpha value is -2.84. The van der Waals surface area contributed by atoms with Crippen LogP contribution >= 0.6 is 0 Å². The van der Waals surface area contributed by atoms with Crippen LogP contribution in [-0.4, -0.2) is 39.7 Å². The highest BCUT2D eigenvalue weighted by Crippen LogP contribution is 2.44. The predicted octanol–water partition coefficient (Wildman–Crippen LogP) is 6.08. The van der Waals surface area contributed by atoms with Crippen molar-refractivity contribution in [2.24, 2.45) is 17.3 Å². The number of rotatable bonds is 8. The SMILES string of the molecule is C1CC1.C=C(C=N)NC.CC1(C)CCC(Cc2cn3ncc(CNC(=O)CC4CC(F)(F)C4)cc3n2)CC1. The fourth-order valence-corrected chi connectivity index (χ4v) is 4.66. The molecule has 0 unspecified atom stereocenters. The van der Waals surface area contributed by atoms with Crippen LogP contribution in [0.4, 0.5) is 8.78 Å². The molecule has 0 radical (unpaired) electrons. The molecular weight excluding hydrogens is 486 g/mol. The van der Waals surface area contributed by atoms with Crippen LogP contribution in [-0.2, 0) is 17.8 Å². The molecule has 0 bridgehead atoms. The Morgan fingerprint density at radius 1 is 1.21 bits per heavy atom. The molecule has 2 aromatic rings. The van der Waals surface area contributed by atoms with E-state index in [2.05, 4.69) is 36.2 Å². The number of amides is 1. The maximum atomic E-state index is 12.9. The highest BCUT2D eigenvalue weighted by atomic mass is 19.3. The molecule has 0 saturated heterocycles. The quantitative estimate of drug-likeness (QED) is 0.361. The highest BCUT2D eigenvalue weighted by Gasteiger charge is 2.45. The minimum atomic E-state index is -2.58. The molecule has 9 heteroatoms. The number of nitrogens with one attached hydrogen (secondary N) is 3. The first-order valence-electron chi connectivity index (χ1n) is 13.8. The van der Waals surface area contributed by atoms with E-state index in [1.165, 1.54) is 51.2 Å². The molecular formula is C29H44F2N6O. The summed E-state index contributed by atoms with van der Waals surface area (Å²) in [4.78, 5) is 16.7. The van der Waals surface area contributed by atoms with Crippen LogP contribution in [0.3, 0.4) is 0 Å². The first kappa shape index (κ1) is 29.7. The van der Waals surface area contributed by atoms with Crippen molar-refractivity contribution in [1.29, 1.82) is 5.41 Å². The lowest BCUT2D eigenvalue weighted by Gasteiger charge is -2.34. The van der Waals surface area contributed by atoms with Gasteiger partial charge in [0.15, 0.2) is 5.65 Å². The second-order valence-corrected chi connectivity index (χ2v) is 11.8. The van der Waals surface area contributed by atoms with Crippen molar-refractivity contribution < 1.29 is 13.6 Å². The van der Waals surface area contributed by atoms with Crippen LogP contribution in [0.15, 0.2) is 30.7 Å². The summed E-state index contributed by atoms with van der Waals surface area (Å²) in [6, 6.07) is 1.93. The van der Waals surface area contributed by atoms with E-state index in [1.54, 1.807) is 17.8 Å². The number of halogens is 2. The molecule has 3 aliphatic rings. The molecule has 2 heterocycles. The zero-order valence-electron chi connectivity index (χ0n) is 23.2. The lowest BCUT2D eigenvalue weighted by atomic mass is 9.72. The van der Waals surface area contributed by atoms with Gasteiger partial charge in [0.2, 0.25) is 11.8 Å². The van der Waals surface area contributed by atoms with Crippen LogP contribution in [0.1, 0.15) is 89.3 Å². The summed E-state index contributed by atoms with van der Waals surface area (Å²) < 4.78 is 27.5. The molecule has 0 atom stereocenters. The van der Waals surface area contributed by atoms with Gasteiger partial charge >= 0.3 is 0 Å². The smallest absolute Gasteiger partial charge is 0.248 e. The molecule has 3 saturated carbocycles. The maximum Gasteiger partial charge on any atom is 0.248 e. The van der Waals surface area contributed by atoms with E-state index in [9.17, 15) is 13.6 Å². The van der Waals surface area contributed by atoms with E-state index in [0.717, 1.165) is 23.3 Å². The number of hydrogen-bond donors (Lipinski definition) is 3. The summed E-state index contributed by atoms with van der Waals surface area (Å²) in [6.45, 7) is 8.47. The van der Waals surface area contributed by atoms with Crippen LogP contribution in [0.5, 0.6) is 0 Å². The molecule has 3 aliphatic carbocycles. The van der Waals surface area contributed by atoms with Gasteiger partial charge in [0.25, 0.3) is 0 Å². The summed E-state index contributed by atoms with van der Waals surface area (Å²) in [6.07, 6.45) is 15.2. The zero-order valence-corrected chi connectivity index (χ0v) is 23.2.